The Labute approximate surface area is 161 Å². The number of nitriles is 1. The predicted molar refractivity (Wildman–Crippen MR) is 104 cm³/mol. The van der Waals surface area contributed by atoms with Crippen LogP contribution in [0.1, 0.15) is 16.8 Å². The number of rotatable bonds is 5. The molecule has 0 bridgehead atoms. The van der Waals surface area contributed by atoms with E-state index in [1.807, 2.05) is 30.3 Å². The quantitative estimate of drug-likeness (QED) is 0.587. The van der Waals surface area contributed by atoms with E-state index in [9.17, 15) is 10.1 Å². The Bertz CT molecular complexity index is 1230. The standard InChI is InChI=1S/C22H16N4O2/c1-28-14-18-9-10-26(25-18)13-15-5-7-16(8-6-15)21-11-20-17(12-23)3-2-4-19(20)22(27)24-21/h2-8,11H,13-14H2,1H3,(H,24,27). The molecule has 2 aromatic heterocycles. The molecule has 0 unspecified atom stereocenters. The first-order chi connectivity index (χ1) is 13.7. The lowest BCUT2D eigenvalue weighted by Gasteiger charge is -2.07. The fourth-order valence-corrected chi connectivity index (χ4v) is 3.11. The van der Waals surface area contributed by atoms with E-state index in [1.165, 1.54) is 0 Å². The highest BCUT2D eigenvalue weighted by atomic mass is 16.5. The first kappa shape index (κ1) is 17.5. The fourth-order valence-electron chi connectivity index (χ4n) is 3.11. The molecule has 0 aliphatic rings. The van der Waals surface area contributed by atoms with Gasteiger partial charge in [0.2, 0.25) is 0 Å². The van der Waals surface area contributed by atoms with Crippen molar-refractivity contribution in [3.63, 3.8) is 0 Å². The Morgan fingerprint density at radius 2 is 2.04 bits per heavy atom. The molecular weight excluding hydrogens is 352 g/mol. The van der Waals surface area contributed by atoms with Crippen LogP contribution in [0.2, 0.25) is 0 Å². The van der Waals surface area contributed by atoms with Gasteiger partial charge < -0.3 is 9.72 Å². The third kappa shape index (κ3) is 3.37. The molecule has 0 amide bonds. The number of benzene rings is 2. The van der Waals surface area contributed by atoms with Crippen molar-refractivity contribution in [1.82, 2.24) is 14.8 Å². The predicted octanol–water partition coefficient (Wildman–Crippen LogP) is 3.06. The van der Waals surface area contributed by atoms with Gasteiger partial charge in [-0.25, -0.2) is 4.68 Å². The Morgan fingerprint density at radius 3 is 2.79 bits per heavy atom. The van der Waals surface area contributed by atoms with Gasteiger partial charge in [-0.15, -0.1) is 0 Å². The van der Waals surface area contributed by atoms with E-state index >= 15 is 0 Å². The number of hydrogen-bond donors (Lipinski definition) is 1. The van der Waals surface area contributed by atoms with Crippen molar-refractivity contribution in [2.24, 2.45) is 0 Å². The molecule has 136 valence electrons. The summed E-state index contributed by atoms with van der Waals surface area (Å²) in [5.41, 5.74) is 3.57. The summed E-state index contributed by atoms with van der Waals surface area (Å²) < 4.78 is 6.72. The summed E-state index contributed by atoms with van der Waals surface area (Å²) in [4.78, 5) is 15.3. The molecule has 0 fully saturated rings. The van der Waals surface area contributed by atoms with Gasteiger partial charge in [0.15, 0.2) is 0 Å². The molecule has 0 spiro atoms. The second-order valence-electron chi connectivity index (χ2n) is 6.36. The third-order valence-electron chi connectivity index (χ3n) is 4.46. The average molecular weight is 368 g/mol. The van der Waals surface area contributed by atoms with Gasteiger partial charge in [-0.05, 0) is 35.4 Å². The topological polar surface area (TPSA) is 83.7 Å². The number of H-pyrrole nitrogens is 1. The number of fused-ring (bicyclic) bond motifs is 1. The summed E-state index contributed by atoms with van der Waals surface area (Å²) in [6.07, 6.45) is 2.95. The van der Waals surface area contributed by atoms with Gasteiger partial charge in [-0.2, -0.15) is 10.4 Å². The van der Waals surface area contributed by atoms with Gasteiger partial charge in [0, 0.05) is 29.8 Å². The van der Waals surface area contributed by atoms with E-state index in [4.69, 9.17) is 4.74 Å². The van der Waals surface area contributed by atoms with Crippen molar-refractivity contribution in [3.05, 3.63) is 88.0 Å². The maximum atomic E-state index is 12.4. The zero-order valence-corrected chi connectivity index (χ0v) is 15.2. The molecule has 0 saturated heterocycles. The van der Waals surface area contributed by atoms with Gasteiger partial charge >= 0.3 is 0 Å². The monoisotopic (exact) mass is 368 g/mol. The molecule has 0 atom stereocenters. The molecule has 0 saturated carbocycles. The number of aromatic nitrogens is 3. The summed E-state index contributed by atoms with van der Waals surface area (Å²) in [6.45, 7) is 0.968. The molecule has 2 aromatic carbocycles. The van der Waals surface area contributed by atoms with Crippen molar-refractivity contribution in [3.8, 4) is 17.3 Å². The largest absolute Gasteiger partial charge is 0.378 e. The third-order valence-corrected chi connectivity index (χ3v) is 4.46. The smallest absolute Gasteiger partial charge is 0.256 e. The maximum absolute atomic E-state index is 12.4. The van der Waals surface area contributed by atoms with E-state index in [-0.39, 0.29) is 5.56 Å². The van der Waals surface area contributed by atoms with Crippen LogP contribution in [0.5, 0.6) is 0 Å². The Balaban J connectivity index is 1.63. The molecule has 6 nitrogen and oxygen atoms in total. The van der Waals surface area contributed by atoms with Crippen LogP contribution in [0.15, 0.2) is 53.3 Å². The molecule has 0 radical (unpaired) electrons. The van der Waals surface area contributed by atoms with Crippen LogP contribution in [0, 0.1) is 23.6 Å². The summed E-state index contributed by atoms with van der Waals surface area (Å²) in [7, 11) is 1.61. The van der Waals surface area contributed by atoms with Crippen LogP contribution in [0.4, 0.5) is 0 Å². The number of pyridine rings is 1. The Morgan fingerprint density at radius 1 is 1.21 bits per heavy atom. The van der Waals surface area contributed by atoms with Crippen molar-refractivity contribution in [2.75, 3.05) is 7.11 Å². The molecule has 4 rings (SSSR count). The number of nitrogens with zero attached hydrogens (tertiary/aromatic N) is 3. The summed E-state index contributed by atoms with van der Waals surface area (Å²) in [5.74, 6) is 0. The fraction of sp³-hybridized carbons (Fsp3) is 0.136. The highest BCUT2D eigenvalue weighted by molar-refractivity contribution is 5.89. The van der Waals surface area contributed by atoms with Crippen molar-refractivity contribution in [1.29, 1.82) is 5.26 Å². The van der Waals surface area contributed by atoms with Crippen LogP contribution >= 0.6 is 0 Å². The highest BCUT2D eigenvalue weighted by Gasteiger charge is 2.08. The van der Waals surface area contributed by atoms with Gasteiger partial charge in [-0.3, -0.25) is 4.79 Å². The van der Waals surface area contributed by atoms with Crippen molar-refractivity contribution in [2.45, 2.75) is 13.2 Å². The molecular formula is C22H16N4O2. The first-order valence-electron chi connectivity index (χ1n) is 8.69. The number of methoxy groups -OCH3 is 1. The van der Waals surface area contributed by atoms with E-state index < -0.39 is 0 Å². The Kier molecular flexibility index (Phi) is 4.63. The van der Waals surface area contributed by atoms with E-state index in [0.29, 0.717) is 40.9 Å². The van der Waals surface area contributed by atoms with Crippen LogP contribution in [0.25, 0.3) is 22.0 Å². The van der Waals surface area contributed by atoms with Crippen LogP contribution in [-0.2, 0) is 17.9 Å². The van der Waals surface area contributed by atoms with Gasteiger partial charge in [0.25, 0.3) is 5.56 Å². The van der Waals surface area contributed by atoms with Gasteiger partial charge in [0.05, 0.1) is 24.8 Å². The molecule has 4 aromatic rings. The zero-order chi connectivity index (χ0) is 19.5. The van der Waals surface area contributed by atoms with E-state index in [2.05, 4.69) is 28.4 Å². The lowest BCUT2D eigenvalue weighted by molar-refractivity contribution is 0.180. The molecule has 0 aliphatic heterocycles. The summed E-state index contributed by atoms with van der Waals surface area (Å²) >= 11 is 0. The normalized spacial score (nSPS) is 10.6. The Hall–Kier alpha value is -3.87. The summed E-state index contributed by atoms with van der Waals surface area (Å²) in [5, 5.41) is 14.8. The van der Waals surface area contributed by atoms with E-state index in [0.717, 1.165) is 11.1 Å². The van der Waals surface area contributed by atoms with Gasteiger partial charge in [0.1, 0.15) is 5.69 Å². The zero-order valence-electron chi connectivity index (χ0n) is 15.2. The summed E-state index contributed by atoms with van der Waals surface area (Å²) in [6, 6.07) is 19.9. The minimum atomic E-state index is -0.207. The van der Waals surface area contributed by atoms with E-state index in [1.54, 1.807) is 30.0 Å². The lowest BCUT2D eigenvalue weighted by Crippen LogP contribution is -2.08. The molecule has 0 aliphatic carbocycles. The van der Waals surface area contributed by atoms with Crippen LogP contribution in [0.3, 0.4) is 0 Å². The maximum Gasteiger partial charge on any atom is 0.256 e. The lowest BCUT2D eigenvalue weighted by atomic mass is 10.0. The first-order valence-corrected chi connectivity index (χ1v) is 8.69. The van der Waals surface area contributed by atoms with Crippen molar-refractivity contribution < 1.29 is 4.74 Å². The average Bonchev–Trinajstić information content (AvgIpc) is 3.15. The molecule has 2 heterocycles. The molecule has 6 heteroatoms. The molecule has 1 N–H and O–H groups in total. The van der Waals surface area contributed by atoms with Crippen LogP contribution < -0.4 is 5.56 Å². The van der Waals surface area contributed by atoms with Gasteiger partial charge in [-0.1, -0.05) is 30.3 Å². The van der Waals surface area contributed by atoms with Crippen molar-refractivity contribution >= 4 is 10.8 Å². The number of aromatic amines is 1. The number of hydrogen-bond acceptors (Lipinski definition) is 4. The second-order valence-corrected chi connectivity index (χ2v) is 6.36. The minimum Gasteiger partial charge on any atom is -0.378 e. The van der Waals surface area contributed by atoms with Crippen LogP contribution in [-0.4, -0.2) is 21.9 Å². The number of nitrogens with one attached hydrogen (secondary N) is 1. The number of ether oxygens (including phenoxy) is 1. The molecule has 28 heavy (non-hydrogen) atoms. The second kappa shape index (κ2) is 7.40. The minimum absolute atomic E-state index is 0.207. The highest BCUT2D eigenvalue weighted by Crippen LogP contribution is 2.22. The SMILES string of the molecule is COCc1c#cn(Cc2ccc(-c3cc4c(C#N)cccc4c(=O)[nH]3)cc2)n1.